The zero-order valence-electron chi connectivity index (χ0n) is 19.5. The van der Waals surface area contributed by atoms with Crippen molar-refractivity contribution in [1.82, 2.24) is 4.90 Å². The first kappa shape index (κ1) is 27.3. The molecule has 0 bridgehead atoms. The van der Waals surface area contributed by atoms with E-state index in [0.29, 0.717) is 5.69 Å². The van der Waals surface area contributed by atoms with Crippen LogP contribution in [0.15, 0.2) is 47.4 Å². The molecule has 1 amide bonds. The van der Waals surface area contributed by atoms with Gasteiger partial charge in [0.1, 0.15) is 0 Å². The van der Waals surface area contributed by atoms with E-state index in [4.69, 9.17) is 4.74 Å². The van der Waals surface area contributed by atoms with Crippen molar-refractivity contribution in [2.24, 2.45) is 0 Å². The Labute approximate surface area is 208 Å². The first-order valence-corrected chi connectivity index (χ1v) is 12.3. The number of hydrogen-bond acceptors (Lipinski definition) is 7. The van der Waals surface area contributed by atoms with Crippen LogP contribution in [0.5, 0.6) is 0 Å². The number of rotatable bonds is 7. The van der Waals surface area contributed by atoms with Gasteiger partial charge in [-0.1, -0.05) is 6.07 Å². The van der Waals surface area contributed by atoms with Crippen LogP contribution < -0.4 is 4.90 Å². The SMILES string of the molecule is CCOC(=O)C[S+]([O-])c1ccc(C(=O)N2CCN(c3cccc(C(F)(F)F)c3)C(C)C2)cc1[N+](=O)[O-]. The van der Waals surface area contributed by atoms with Crippen LogP contribution >= 0.6 is 0 Å². The zero-order chi connectivity index (χ0) is 26.6. The van der Waals surface area contributed by atoms with Crippen molar-refractivity contribution in [3.63, 3.8) is 0 Å². The highest BCUT2D eigenvalue weighted by Crippen LogP contribution is 2.33. The number of anilines is 1. The van der Waals surface area contributed by atoms with Gasteiger partial charge in [0.2, 0.25) is 10.6 Å². The molecule has 1 aliphatic rings. The number of alkyl halides is 3. The molecule has 36 heavy (non-hydrogen) atoms. The number of piperazine rings is 1. The summed E-state index contributed by atoms with van der Waals surface area (Å²) in [6.45, 7) is 4.04. The van der Waals surface area contributed by atoms with E-state index >= 15 is 0 Å². The fourth-order valence-electron chi connectivity index (χ4n) is 3.94. The number of hydrogen-bond donors (Lipinski definition) is 0. The van der Waals surface area contributed by atoms with Gasteiger partial charge in [-0.3, -0.25) is 14.9 Å². The molecule has 1 fully saturated rings. The van der Waals surface area contributed by atoms with Crippen LogP contribution in [-0.4, -0.2) is 64.3 Å². The lowest BCUT2D eigenvalue weighted by Gasteiger charge is -2.41. The molecular formula is C23H24F3N3O6S. The van der Waals surface area contributed by atoms with Gasteiger partial charge < -0.3 is 19.1 Å². The highest BCUT2D eigenvalue weighted by molar-refractivity contribution is 7.92. The summed E-state index contributed by atoms with van der Waals surface area (Å²) >= 11 is -2.04. The molecule has 0 radical (unpaired) electrons. The lowest BCUT2D eigenvalue weighted by molar-refractivity contribution is -0.387. The number of nitro benzene ring substituents is 1. The molecule has 0 saturated carbocycles. The third-order valence-electron chi connectivity index (χ3n) is 5.62. The van der Waals surface area contributed by atoms with Crippen LogP contribution in [-0.2, 0) is 26.9 Å². The van der Waals surface area contributed by atoms with Crippen molar-refractivity contribution in [3.05, 3.63) is 63.7 Å². The molecule has 1 heterocycles. The van der Waals surface area contributed by atoms with Crippen LogP contribution in [0.4, 0.5) is 24.5 Å². The van der Waals surface area contributed by atoms with E-state index in [-0.39, 0.29) is 42.7 Å². The van der Waals surface area contributed by atoms with Crippen molar-refractivity contribution in [2.45, 2.75) is 31.0 Å². The number of halogens is 3. The van der Waals surface area contributed by atoms with Crippen LogP contribution in [0, 0.1) is 10.1 Å². The third-order valence-corrected chi connectivity index (χ3v) is 6.96. The van der Waals surface area contributed by atoms with Gasteiger partial charge in [-0.2, -0.15) is 13.2 Å². The zero-order valence-corrected chi connectivity index (χ0v) is 20.3. The molecular weight excluding hydrogens is 503 g/mol. The van der Waals surface area contributed by atoms with E-state index in [1.807, 2.05) is 0 Å². The Hall–Kier alpha value is -3.32. The van der Waals surface area contributed by atoms with Gasteiger partial charge in [-0.25, -0.2) is 4.79 Å². The van der Waals surface area contributed by atoms with Gasteiger partial charge in [0.25, 0.3) is 5.91 Å². The largest absolute Gasteiger partial charge is 0.611 e. The molecule has 3 rings (SSSR count). The maximum atomic E-state index is 13.1. The fourth-order valence-corrected chi connectivity index (χ4v) is 4.98. The summed E-state index contributed by atoms with van der Waals surface area (Å²) in [6.07, 6.45) is -4.47. The Morgan fingerprint density at radius 2 is 1.92 bits per heavy atom. The Morgan fingerprint density at radius 1 is 1.19 bits per heavy atom. The van der Waals surface area contributed by atoms with E-state index < -0.39 is 51.2 Å². The minimum atomic E-state index is -4.47. The molecule has 1 aliphatic heterocycles. The number of carbonyl (C=O) groups excluding carboxylic acids is 2. The molecule has 2 aromatic rings. The Bertz CT molecular complexity index is 1150. The molecule has 194 valence electrons. The first-order valence-electron chi connectivity index (χ1n) is 11.0. The summed E-state index contributed by atoms with van der Waals surface area (Å²) in [5.74, 6) is -1.83. The Balaban J connectivity index is 1.75. The maximum Gasteiger partial charge on any atom is 0.416 e. The molecule has 2 atom stereocenters. The number of carbonyl (C=O) groups is 2. The van der Waals surface area contributed by atoms with Gasteiger partial charge in [0.05, 0.1) is 17.1 Å². The minimum Gasteiger partial charge on any atom is -0.611 e. The van der Waals surface area contributed by atoms with Crippen LogP contribution in [0.3, 0.4) is 0 Å². The second kappa shape index (κ2) is 11.2. The molecule has 2 aromatic carbocycles. The highest BCUT2D eigenvalue weighted by Gasteiger charge is 2.34. The van der Waals surface area contributed by atoms with Gasteiger partial charge in [0, 0.05) is 60.2 Å². The molecule has 0 spiro atoms. The number of nitro groups is 1. The van der Waals surface area contributed by atoms with Gasteiger partial charge in [-0.05, 0) is 38.1 Å². The predicted molar refractivity (Wildman–Crippen MR) is 125 cm³/mol. The van der Waals surface area contributed by atoms with Crippen molar-refractivity contribution < 1.29 is 37.0 Å². The Kier molecular flexibility index (Phi) is 8.46. The molecule has 0 N–H and O–H groups in total. The van der Waals surface area contributed by atoms with Crippen molar-refractivity contribution in [2.75, 3.05) is 36.9 Å². The molecule has 13 heteroatoms. The summed E-state index contributed by atoms with van der Waals surface area (Å²) < 4.78 is 56.5. The second-order valence-corrected chi connectivity index (χ2v) is 9.50. The van der Waals surface area contributed by atoms with Crippen molar-refractivity contribution in [3.8, 4) is 0 Å². The van der Waals surface area contributed by atoms with Crippen LogP contribution in [0.1, 0.15) is 29.8 Å². The van der Waals surface area contributed by atoms with Crippen molar-refractivity contribution in [1.29, 1.82) is 0 Å². The minimum absolute atomic E-state index is 0.00157. The summed E-state index contributed by atoms with van der Waals surface area (Å²) in [5.41, 5.74) is -0.940. The number of benzene rings is 2. The summed E-state index contributed by atoms with van der Waals surface area (Å²) in [7, 11) is 0. The van der Waals surface area contributed by atoms with E-state index in [2.05, 4.69) is 0 Å². The quantitative estimate of drug-likeness (QED) is 0.234. The molecule has 0 aromatic heterocycles. The standard InChI is InChI=1S/C23H24F3N3O6S/c1-3-35-21(30)14-36(34)20-8-7-16(11-19(20)29(32)33)22(31)27-9-10-28(15(2)13-27)18-6-4-5-17(12-18)23(24,25)26/h4-8,11-12,15H,3,9-10,13-14H2,1-2H3. The molecule has 1 saturated heterocycles. The number of amides is 1. The van der Waals surface area contributed by atoms with Crippen LogP contribution in [0.2, 0.25) is 0 Å². The number of nitrogens with zero attached hydrogens (tertiary/aromatic N) is 3. The normalized spacial score (nSPS) is 17.0. The van der Waals surface area contributed by atoms with Crippen molar-refractivity contribution >= 4 is 34.4 Å². The van der Waals surface area contributed by atoms with Gasteiger partial charge >= 0.3 is 17.8 Å². The molecule has 0 aliphatic carbocycles. The summed E-state index contributed by atoms with van der Waals surface area (Å²) in [5, 5.41) is 11.6. The third kappa shape index (κ3) is 6.26. The van der Waals surface area contributed by atoms with E-state index in [0.717, 1.165) is 18.2 Å². The molecule has 9 nitrogen and oxygen atoms in total. The van der Waals surface area contributed by atoms with E-state index in [1.54, 1.807) is 24.8 Å². The van der Waals surface area contributed by atoms with Crippen LogP contribution in [0.25, 0.3) is 0 Å². The first-order chi connectivity index (χ1) is 16.9. The smallest absolute Gasteiger partial charge is 0.416 e. The summed E-state index contributed by atoms with van der Waals surface area (Å²) in [6, 6.07) is 8.14. The maximum absolute atomic E-state index is 13.1. The van der Waals surface area contributed by atoms with E-state index in [9.17, 15) is 37.4 Å². The fraction of sp³-hybridized carbons (Fsp3) is 0.391. The van der Waals surface area contributed by atoms with E-state index in [1.165, 1.54) is 23.1 Å². The molecule has 2 unspecified atom stereocenters. The average Bonchev–Trinajstić information content (AvgIpc) is 2.82. The number of ether oxygens (including phenoxy) is 1. The average molecular weight is 528 g/mol. The predicted octanol–water partition coefficient (Wildman–Crippen LogP) is 3.64. The van der Waals surface area contributed by atoms with Gasteiger partial charge in [0.15, 0.2) is 0 Å². The monoisotopic (exact) mass is 527 g/mol. The highest BCUT2D eigenvalue weighted by atomic mass is 32.2. The number of esters is 1. The van der Waals surface area contributed by atoms with Gasteiger partial charge in [-0.15, -0.1) is 0 Å². The lowest BCUT2D eigenvalue weighted by Crippen LogP contribution is -2.53. The topological polar surface area (TPSA) is 116 Å². The Morgan fingerprint density at radius 3 is 2.53 bits per heavy atom. The summed E-state index contributed by atoms with van der Waals surface area (Å²) in [4.78, 5) is 38.5. The second-order valence-electron chi connectivity index (χ2n) is 8.08. The lowest BCUT2D eigenvalue weighted by atomic mass is 10.1.